The minimum atomic E-state index is -0.444. The maximum absolute atomic E-state index is 12.5. The van der Waals surface area contributed by atoms with Crippen molar-refractivity contribution in [3.8, 4) is 6.07 Å². The first-order chi connectivity index (χ1) is 15.0. The van der Waals surface area contributed by atoms with Crippen LogP contribution >= 0.6 is 11.8 Å². The van der Waals surface area contributed by atoms with Crippen molar-refractivity contribution in [2.45, 2.75) is 30.8 Å². The molecular weight excluding hydrogens is 412 g/mol. The summed E-state index contributed by atoms with van der Waals surface area (Å²) in [6.07, 6.45) is 1.87. The summed E-state index contributed by atoms with van der Waals surface area (Å²) >= 11 is 1.14. The van der Waals surface area contributed by atoms with Gasteiger partial charge in [0.15, 0.2) is 0 Å². The fraction of sp³-hybridized carbons (Fsp3) is 0.364. The van der Waals surface area contributed by atoms with E-state index in [1.54, 1.807) is 24.3 Å². The monoisotopic (exact) mass is 438 g/mol. The summed E-state index contributed by atoms with van der Waals surface area (Å²) in [6.45, 7) is 5.13. The second-order valence-corrected chi connectivity index (χ2v) is 8.23. The molecule has 1 aliphatic heterocycles. The van der Waals surface area contributed by atoms with Gasteiger partial charge >= 0.3 is 0 Å². The Kier molecular flexibility index (Phi) is 7.87. The van der Waals surface area contributed by atoms with Crippen LogP contribution in [0.5, 0.6) is 0 Å². The van der Waals surface area contributed by atoms with E-state index in [1.165, 1.54) is 6.07 Å². The third kappa shape index (κ3) is 6.20. The first-order valence-electron chi connectivity index (χ1n) is 10.2. The maximum atomic E-state index is 12.5. The summed E-state index contributed by atoms with van der Waals surface area (Å²) in [5.41, 5.74) is 6.93. The summed E-state index contributed by atoms with van der Waals surface area (Å²) in [5.74, 6) is -0.400. The van der Waals surface area contributed by atoms with Gasteiger partial charge in [-0.05, 0) is 37.6 Å². The van der Waals surface area contributed by atoms with Gasteiger partial charge in [0.25, 0.3) is 5.91 Å². The molecule has 9 heteroatoms. The topological polar surface area (TPSA) is 124 Å². The summed E-state index contributed by atoms with van der Waals surface area (Å²) in [6, 6.07) is 12.6. The normalized spacial score (nSPS) is 14.6. The quantitative estimate of drug-likeness (QED) is 0.567. The van der Waals surface area contributed by atoms with Crippen LogP contribution in [0.2, 0.25) is 0 Å². The molecule has 1 aromatic heterocycles. The van der Waals surface area contributed by atoms with Gasteiger partial charge in [0.2, 0.25) is 5.91 Å². The van der Waals surface area contributed by atoms with Gasteiger partial charge in [-0.3, -0.25) is 9.59 Å². The van der Waals surface area contributed by atoms with Crippen LogP contribution in [0.1, 0.15) is 35.7 Å². The summed E-state index contributed by atoms with van der Waals surface area (Å²) in [5, 5.41) is 15.6. The first-order valence-corrected chi connectivity index (χ1v) is 11.2. The maximum Gasteiger partial charge on any atom is 0.259 e. The highest BCUT2D eigenvalue weighted by Gasteiger charge is 2.21. The highest BCUT2D eigenvalue weighted by atomic mass is 32.2. The van der Waals surface area contributed by atoms with Crippen LogP contribution in [-0.2, 0) is 4.79 Å². The van der Waals surface area contributed by atoms with Gasteiger partial charge in [0.1, 0.15) is 16.9 Å². The Morgan fingerprint density at radius 1 is 1.29 bits per heavy atom. The number of piperidine rings is 1. The van der Waals surface area contributed by atoms with Crippen LogP contribution in [0.15, 0.2) is 41.4 Å². The number of carbonyl (C=O) groups is 2. The Balaban J connectivity index is 1.60. The van der Waals surface area contributed by atoms with Crippen molar-refractivity contribution >= 4 is 35.1 Å². The number of carbonyl (C=O) groups excluding carboxylic acids is 2. The number of pyridine rings is 1. The fourth-order valence-corrected chi connectivity index (χ4v) is 4.17. The molecule has 1 aliphatic rings. The predicted octanol–water partition coefficient (Wildman–Crippen LogP) is 2.48. The zero-order valence-corrected chi connectivity index (χ0v) is 18.2. The molecule has 31 heavy (non-hydrogen) atoms. The lowest BCUT2D eigenvalue weighted by Gasteiger charge is -2.31. The fourth-order valence-electron chi connectivity index (χ4n) is 3.40. The number of thioether (sulfide) groups is 1. The van der Waals surface area contributed by atoms with Crippen molar-refractivity contribution in [2.75, 3.05) is 36.4 Å². The van der Waals surface area contributed by atoms with Crippen molar-refractivity contribution in [1.82, 2.24) is 15.2 Å². The van der Waals surface area contributed by atoms with E-state index in [9.17, 15) is 14.9 Å². The molecule has 3 rings (SSSR count). The molecule has 2 aromatic rings. The van der Waals surface area contributed by atoms with Crippen molar-refractivity contribution in [1.29, 1.82) is 5.26 Å². The number of nitrogens with one attached hydrogen (secondary N) is 2. The first kappa shape index (κ1) is 22.6. The molecule has 2 heterocycles. The number of hydrogen-bond donors (Lipinski definition) is 3. The molecule has 0 spiro atoms. The number of hydrogen-bond acceptors (Lipinski definition) is 7. The highest BCUT2D eigenvalue weighted by molar-refractivity contribution is 8.00. The SMILES string of the molecule is CCN1CCC(NC(=O)CSc2nc(N)c(C(=O)Nc3ccccc3)cc2C#N)CC1. The molecule has 0 atom stereocenters. The zero-order valence-electron chi connectivity index (χ0n) is 17.4. The lowest BCUT2D eigenvalue weighted by Crippen LogP contribution is -2.45. The Labute approximate surface area is 186 Å². The van der Waals surface area contributed by atoms with Gasteiger partial charge in [0, 0.05) is 24.8 Å². The standard InChI is InChI=1S/C22H26N6O2S/c1-2-28-10-8-17(9-11-28)25-19(29)14-31-22-15(13-23)12-18(20(24)27-22)21(30)26-16-6-4-3-5-7-16/h3-7,12,17H,2,8-11,14H2,1H3,(H2,24,27)(H,25,29)(H,26,30). The largest absolute Gasteiger partial charge is 0.383 e. The van der Waals surface area contributed by atoms with E-state index in [-0.39, 0.29) is 34.6 Å². The van der Waals surface area contributed by atoms with Gasteiger partial charge in [0.05, 0.1) is 16.9 Å². The molecule has 0 radical (unpaired) electrons. The van der Waals surface area contributed by atoms with E-state index >= 15 is 0 Å². The van der Waals surface area contributed by atoms with Crippen molar-refractivity contribution in [3.63, 3.8) is 0 Å². The number of nitrogen functional groups attached to an aromatic ring is 1. The van der Waals surface area contributed by atoms with Crippen molar-refractivity contribution in [2.24, 2.45) is 0 Å². The summed E-state index contributed by atoms with van der Waals surface area (Å²) < 4.78 is 0. The molecule has 162 valence electrons. The molecule has 8 nitrogen and oxygen atoms in total. The van der Waals surface area contributed by atoms with E-state index in [2.05, 4.69) is 27.4 Å². The van der Waals surface area contributed by atoms with Crippen molar-refractivity contribution < 1.29 is 9.59 Å². The number of amides is 2. The molecular formula is C22H26N6O2S. The predicted molar refractivity (Wildman–Crippen MR) is 122 cm³/mol. The molecule has 0 aliphatic carbocycles. The highest BCUT2D eigenvalue weighted by Crippen LogP contribution is 2.25. The van der Waals surface area contributed by atoms with Gasteiger partial charge in [-0.2, -0.15) is 5.26 Å². The van der Waals surface area contributed by atoms with Crippen LogP contribution in [0, 0.1) is 11.3 Å². The Morgan fingerprint density at radius 2 is 2.00 bits per heavy atom. The number of nitrogens with two attached hydrogens (primary N) is 1. The van der Waals surface area contributed by atoms with Gasteiger partial charge < -0.3 is 21.3 Å². The molecule has 0 bridgehead atoms. The van der Waals surface area contributed by atoms with Gasteiger partial charge in [-0.15, -0.1) is 0 Å². The zero-order chi connectivity index (χ0) is 22.2. The average molecular weight is 439 g/mol. The lowest BCUT2D eigenvalue weighted by molar-refractivity contribution is -0.119. The summed E-state index contributed by atoms with van der Waals surface area (Å²) in [4.78, 5) is 31.5. The van der Waals surface area contributed by atoms with Crippen LogP contribution in [-0.4, -0.2) is 53.1 Å². The summed E-state index contributed by atoms with van der Waals surface area (Å²) in [7, 11) is 0. The number of para-hydroxylation sites is 1. The molecule has 1 saturated heterocycles. The molecule has 1 fully saturated rings. The Hall–Kier alpha value is -3.09. The lowest BCUT2D eigenvalue weighted by atomic mass is 10.1. The number of aromatic nitrogens is 1. The van der Waals surface area contributed by atoms with E-state index in [0.29, 0.717) is 10.7 Å². The molecule has 0 unspecified atom stereocenters. The van der Waals surface area contributed by atoms with Crippen LogP contribution in [0.3, 0.4) is 0 Å². The number of rotatable bonds is 7. The van der Waals surface area contributed by atoms with Crippen LogP contribution in [0.25, 0.3) is 0 Å². The number of nitriles is 1. The molecule has 1 aromatic carbocycles. The van der Waals surface area contributed by atoms with E-state index < -0.39 is 5.91 Å². The molecule has 4 N–H and O–H groups in total. The van der Waals surface area contributed by atoms with E-state index in [4.69, 9.17) is 5.73 Å². The minimum Gasteiger partial charge on any atom is -0.383 e. The number of benzene rings is 1. The van der Waals surface area contributed by atoms with E-state index in [1.807, 2.05) is 12.1 Å². The molecule has 2 amide bonds. The van der Waals surface area contributed by atoms with Gasteiger partial charge in [-0.1, -0.05) is 36.9 Å². The third-order valence-corrected chi connectivity index (χ3v) is 6.14. The average Bonchev–Trinajstić information content (AvgIpc) is 2.78. The van der Waals surface area contributed by atoms with Gasteiger partial charge in [-0.25, -0.2) is 4.98 Å². The smallest absolute Gasteiger partial charge is 0.259 e. The Morgan fingerprint density at radius 3 is 2.65 bits per heavy atom. The second-order valence-electron chi connectivity index (χ2n) is 7.27. The number of anilines is 2. The third-order valence-electron chi connectivity index (χ3n) is 5.15. The number of likely N-dealkylation sites (tertiary alicyclic amines) is 1. The Bertz CT molecular complexity index is 968. The minimum absolute atomic E-state index is 0.0160. The van der Waals surface area contributed by atoms with Crippen LogP contribution in [0.4, 0.5) is 11.5 Å². The van der Waals surface area contributed by atoms with E-state index in [0.717, 1.165) is 44.2 Å². The van der Waals surface area contributed by atoms with Crippen LogP contribution < -0.4 is 16.4 Å². The molecule has 0 saturated carbocycles. The second kappa shape index (κ2) is 10.8. The van der Waals surface area contributed by atoms with Crippen molar-refractivity contribution in [3.05, 3.63) is 47.5 Å². The number of nitrogens with zero attached hydrogens (tertiary/aromatic N) is 3.